The van der Waals surface area contributed by atoms with E-state index in [1.54, 1.807) is 0 Å². The Hall–Kier alpha value is -1.54. The quantitative estimate of drug-likeness (QED) is 0.870. The van der Waals surface area contributed by atoms with Gasteiger partial charge in [-0.05, 0) is 54.9 Å². The van der Waals surface area contributed by atoms with Crippen molar-refractivity contribution in [2.75, 3.05) is 0 Å². The maximum Gasteiger partial charge on any atom is 0.0557 e. The molecule has 3 rings (SSSR count). The number of aryl methyl sites for hydroxylation is 1. The van der Waals surface area contributed by atoms with Crippen LogP contribution in [0.25, 0.3) is 0 Å². The summed E-state index contributed by atoms with van der Waals surface area (Å²) in [5, 5.41) is 0. The zero-order valence-corrected chi connectivity index (χ0v) is 13.6. The van der Waals surface area contributed by atoms with Gasteiger partial charge in [0.25, 0.3) is 0 Å². The highest BCUT2D eigenvalue weighted by Crippen LogP contribution is 2.41. The minimum Gasteiger partial charge on any atom is -0.344 e. The van der Waals surface area contributed by atoms with Crippen LogP contribution in [0, 0.1) is 12.3 Å². The van der Waals surface area contributed by atoms with Crippen LogP contribution in [0.3, 0.4) is 0 Å². The second-order valence-corrected chi connectivity index (χ2v) is 7.31. The van der Waals surface area contributed by atoms with Crippen LogP contribution >= 0.6 is 0 Å². The molecule has 0 spiro atoms. The molecule has 1 aromatic heterocycles. The van der Waals surface area contributed by atoms with Crippen molar-refractivity contribution in [3.8, 4) is 0 Å². The molecule has 2 nitrogen and oxygen atoms in total. The third-order valence-electron chi connectivity index (χ3n) is 4.93. The fourth-order valence-electron chi connectivity index (χ4n) is 3.83. The van der Waals surface area contributed by atoms with Crippen LogP contribution in [0.4, 0.5) is 0 Å². The van der Waals surface area contributed by atoms with E-state index in [0.29, 0.717) is 6.04 Å². The van der Waals surface area contributed by atoms with Crippen molar-refractivity contribution in [1.29, 1.82) is 0 Å². The Morgan fingerprint density at radius 3 is 2.67 bits per heavy atom. The lowest BCUT2D eigenvalue weighted by Gasteiger charge is -2.35. The van der Waals surface area contributed by atoms with Gasteiger partial charge in [0.05, 0.1) is 6.04 Å². The van der Waals surface area contributed by atoms with Crippen LogP contribution in [-0.2, 0) is 6.42 Å². The van der Waals surface area contributed by atoms with Gasteiger partial charge >= 0.3 is 0 Å². The number of fused-ring (bicyclic) bond motifs is 1. The van der Waals surface area contributed by atoms with Gasteiger partial charge in [0.1, 0.15) is 0 Å². The maximum absolute atomic E-state index is 6.39. The maximum atomic E-state index is 6.39. The van der Waals surface area contributed by atoms with Gasteiger partial charge in [0.2, 0.25) is 0 Å². The minimum atomic E-state index is 0.175. The summed E-state index contributed by atoms with van der Waals surface area (Å²) < 4.78 is 2.43. The van der Waals surface area contributed by atoms with E-state index < -0.39 is 0 Å². The minimum absolute atomic E-state index is 0.175. The Balaban J connectivity index is 2.04. The van der Waals surface area contributed by atoms with Crippen molar-refractivity contribution in [2.45, 2.75) is 52.6 Å². The molecule has 0 fully saturated rings. The summed E-state index contributed by atoms with van der Waals surface area (Å²) in [5.41, 5.74) is 12.2. The van der Waals surface area contributed by atoms with Crippen LogP contribution < -0.4 is 5.73 Å². The summed E-state index contributed by atoms with van der Waals surface area (Å²) in [6, 6.07) is 11.4. The van der Waals surface area contributed by atoms with Gasteiger partial charge in [-0.3, -0.25) is 0 Å². The number of nitrogens with zero attached hydrogens (tertiary/aromatic N) is 1. The number of benzene rings is 1. The lowest BCUT2D eigenvalue weighted by atomic mass is 9.74. The monoisotopic (exact) mass is 282 g/mol. The molecule has 2 aromatic rings. The van der Waals surface area contributed by atoms with Crippen molar-refractivity contribution in [2.24, 2.45) is 11.1 Å². The topological polar surface area (TPSA) is 30.9 Å². The highest BCUT2D eigenvalue weighted by molar-refractivity contribution is 5.35. The largest absolute Gasteiger partial charge is 0.344 e. The van der Waals surface area contributed by atoms with E-state index >= 15 is 0 Å². The summed E-state index contributed by atoms with van der Waals surface area (Å²) in [5.74, 6) is 0. The molecule has 0 radical (unpaired) electrons. The van der Waals surface area contributed by atoms with E-state index in [4.69, 9.17) is 5.73 Å². The summed E-state index contributed by atoms with van der Waals surface area (Å²) in [6.07, 6.45) is 4.41. The molecule has 1 aliphatic rings. The summed E-state index contributed by atoms with van der Waals surface area (Å²) in [7, 11) is 0. The molecule has 21 heavy (non-hydrogen) atoms. The Morgan fingerprint density at radius 1 is 1.24 bits per heavy atom. The van der Waals surface area contributed by atoms with Gasteiger partial charge < -0.3 is 10.3 Å². The van der Waals surface area contributed by atoms with Crippen LogP contribution in [0.5, 0.6) is 0 Å². The summed E-state index contributed by atoms with van der Waals surface area (Å²) in [6.45, 7) is 9.13. The first kappa shape index (κ1) is 14.4. The predicted octanol–water partition coefficient (Wildman–Crippen LogP) is 4.38. The molecule has 0 saturated carbocycles. The molecule has 2 atom stereocenters. The van der Waals surface area contributed by atoms with E-state index in [-0.39, 0.29) is 11.5 Å². The van der Waals surface area contributed by atoms with Crippen molar-refractivity contribution in [3.05, 3.63) is 58.9 Å². The SMILES string of the molecule is Cc1ccccc1C(C)n1ccc2c1CC(C)(C)CC2N. The average Bonchev–Trinajstić information content (AvgIpc) is 2.81. The lowest BCUT2D eigenvalue weighted by Crippen LogP contribution is -2.31. The van der Waals surface area contributed by atoms with Crippen LogP contribution in [-0.4, -0.2) is 4.57 Å². The van der Waals surface area contributed by atoms with Gasteiger partial charge in [-0.2, -0.15) is 0 Å². The molecule has 0 saturated heterocycles. The van der Waals surface area contributed by atoms with Crippen molar-refractivity contribution < 1.29 is 0 Å². The molecule has 2 heteroatoms. The van der Waals surface area contributed by atoms with E-state index in [2.05, 4.69) is 68.8 Å². The first-order valence-corrected chi connectivity index (χ1v) is 7.90. The zero-order valence-electron chi connectivity index (χ0n) is 13.6. The van der Waals surface area contributed by atoms with Crippen LogP contribution in [0.2, 0.25) is 0 Å². The highest BCUT2D eigenvalue weighted by Gasteiger charge is 2.33. The van der Waals surface area contributed by atoms with E-state index in [9.17, 15) is 0 Å². The van der Waals surface area contributed by atoms with Crippen molar-refractivity contribution in [3.63, 3.8) is 0 Å². The van der Waals surface area contributed by atoms with Crippen molar-refractivity contribution in [1.82, 2.24) is 4.57 Å². The molecule has 1 aromatic carbocycles. The Labute approximate surface area is 128 Å². The average molecular weight is 282 g/mol. The molecule has 2 unspecified atom stereocenters. The van der Waals surface area contributed by atoms with Gasteiger partial charge in [-0.15, -0.1) is 0 Å². The number of nitrogens with two attached hydrogens (primary N) is 1. The standard InChI is InChI=1S/C19H26N2/c1-13-7-5-6-8-15(13)14(2)21-10-9-16-17(20)11-19(3,4)12-18(16)21/h5-10,14,17H,11-12,20H2,1-4H3. The van der Waals surface area contributed by atoms with E-state index in [0.717, 1.165) is 12.8 Å². The molecule has 0 amide bonds. The van der Waals surface area contributed by atoms with Gasteiger partial charge in [0, 0.05) is 17.9 Å². The zero-order chi connectivity index (χ0) is 15.2. The van der Waals surface area contributed by atoms with Crippen molar-refractivity contribution >= 4 is 0 Å². The van der Waals surface area contributed by atoms with E-state index in [1.165, 1.54) is 22.4 Å². The Morgan fingerprint density at radius 2 is 1.95 bits per heavy atom. The molecule has 2 N–H and O–H groups in total. The lowest BCUT2D eigenvalue weighted by molar-refractivity contribution is 0.274. The molecule has 0 bridgehead atoms. The first-order chi connectivity index (χ1) is 9.89. The number of aromatic nitrogens is 1. The number of rotatable bonds is 2. The normalized spacial score (nSPS) is 21.9. The number of hydrogen-bond donors (Lipinski definition) is 1. The van der Waals surface area contributed by atoms with Crippen LogP contribution in [0.1, 0.15) is 61.7 Å². The summed E-state index contributed by atoms with van der Waals surface area (Å²) >= 11 is 0. The molecule has 1 heterocycles. The van der Waals surface area contributed by atoms with Gasteiger partial charge in [-0.1, -0.05) is 38.1 Å². The fraction of sp³-hybridized carbons (Fsp3) is 0.474. The third kappa shape index (κ3) is 2.53. The fourth-order valence-corrected chi connectivity index (χ4v) is 3.83. The third-order valence-corrected chi connectivity index (χ3v) is 4.93. The second-order valence-electron chi connectivity index (χ2n) is 7.31. The highest BCUT2D eigenvalue weighted by atomic mass is 15.0. The van der Waals surface area contributed by atoms with E-state index in [1.807, 2.05) is 0 Å². The molecular weight excluding hydrogens is 256 g/mol. The molecule has 0 aliphatic heterocycles. The predicted molar refractivity (Wildman–Crippen MR) is 88.5 cm³/mol. The Bertz CT molecular complexity index is 651. The smallest absolute Gasteiger partial charge is 0.0557 e. The molecule has 1 aliphatic carbocycles. The number of hydrogen-bond acceptors (Lipinski definition) is 1. The molecule has 112 valence electrons. The van der Waals surface area contributed by atoms with Crippen LogP contribution in [0.15, 0.2) is 36.5 Å². The van der Waals surface area contributed by atoms with Gasteiger partial charge in [-0.25, -0.2) is 0 Å². The second kappa shape index (κ2) is 5.03. The van der Waals surface area contributed by atoms with Gasteiger partial charge in [0.15, 0.2) is 0 Å². The summed E-state index contributed by atoms with van der Waals surface area (Å²) in [4.78, 5) is 0. The first-order valence-electron chi connectivity index (χ1n) is 7.90. The molecular formula is C19H26N2. The Kier molecular flexibility index (Phi) is 3.45.